The van der Waals surface area contributed by atoms with Crippen molar-refractivity contribution in [2.75, 3.05) is 13.7 Å². The number of primary amides is 1. The van der Waals surface area contributed by atoms with Crippen LogP contribution in [0.25, 0.3) is 0 Å². The zero-order valence-electron chi connectivity index (χ0n) is 13.5. The number of nitrogens with one attached hydrogen (secondary N) is 1. The number of carbonyl (C=O) groups is 2. The summed E-state index contributed by atoms with van der Waals surface area (Å²) in [6.45, 7) is -0.169. The topological polar surface area (TPSA) is 90.7 Å². The first-order valence-corrected chi connectivity index (χ1v) is 8.00. The zero-order valence-corrected chi connectivity index (χ0v) is 13.5. The number of nitrogens with two attached hydrogens (primary N) is 1. The van der Waals surface area contributed by atoms with Crippen LogP contribution >= 0.6 is 0 Å². The van der Waals surface area contributed by atoms with E-state index in [9.17, 15) is 9.59 Å². The van der Waals surface area contributed by atoms with Crippen LogP contribution in [0.2, 0.25) is 0 Å². The minimum Gasteiger partial charge on any atom is -0.493 e. The van der Waals surface area contributed by atoms with Crippen molar-refractivity contribution in [1.82, 2.24) is 5.32 Å². The van der Waals surface area contributed by atoms with Gasteiger partial charge in [0.1, 0.15) is 0 Å². The van der Waals surface area contributed by atoms with Gasteiger partial charge in [0.2, 0.25) is 0 Å². The molecular weight excluding hydrogens is 296 g/mol. The fourth-order valence-electron chi connectivity index (χ4n) is 2.85. The molecule has 1 aromatic rings. The van der Waals surface area contributed by atoms with Crippen LogP contribution in [0.1, 0.15) is 48.9 Å². The van der Waals surface area contributed by atoms with E-state index in [1.54, 1.807) is 18.2 Å². The van der Waals surface area contributed by atoms with Gasteiger partial charge in [-0.2, -0.15) is 0 Å². The van der Waals surface area contributed by atoms with E-state index in [1.807, 2.05) is 0 Å². The lowest BCUT2D eigenvalue weighted by Crippen LogP contribution is -2.37. The molecule has 1 aromatic carbocycles. The molecule has 1 fully saturated rings. The maximum absolute atomic E-state index is 12.1. The number of methoxy groups -OCH3 is 1. The van der Waals surface area contributed by atoms with E-state index in [1.165, 1.54) is 20.0 Å². The average Bonchev–Trinajstić information content (AvgIpc) is 2.81. The van der Waals surface area contributed by atoms with Crippen LogP contribution in [0.3, 0.4) is 0 Å². The summed E-state index contributed by atoms with van der Waals surface area (Å²) in [6.07, 6.45) is 6.76. The predicted octanol–water partition coefficient (Wildman–Crippen LogP) is 2.01. The average molecular weight is 320 g/mol. The SMILES string of the molecule is COc1cccc(C(N)=O)c1OCC(=O)NC1CCCCCC1. The van der Waals surface area contributed by atoms with Crippen molar-refractivity contribution in [2.24, 2.45) is 5.73 Å². The monoisotopic (exact) mass is 320 g/mol. The van der Waals surface area contributed by atoms with E-state index in [0.29, 0.717) is 5.75 Å². The Morgan fingerprint density at radius 2 is 1.91 bits per heavy atom. The Labute approximate surface area is 136 Å². The van der Waals surface area contributed by atoms with Crippen molar-refractivity contribution in [2.45, 2.75) is 44.6 Å². The Hall–Kier alpha value is -2.24. The maximum Gasteiger partial charge on any atom is 0.258 e. The minimum atomic E-state index is -0.622. The molecule has 0 atom stereocenters. The lowest BCUT2D eigenvalue weighted by atomic mass is 10.1. The number of carbonyl (C=O) groups excluding carboxylic acids is 2. The Morgan fingerprint density at radius 3 is 2.52 bits per heavy atom. The van der Waals surface area contributed by atoms with Crippen LogP contribution in [0.4, 0.5) is 0 Å². The Balaban J connectivity index is 1.96. The van der Waals surface area contributed by atoms with E-state index in [0.717, 1.165) is 25.7 Å². The molecule has 23 heavy (non-hydrogen) atoms. The molecule has 0 aliphatic heterocycles. The lowest BCUT2D eigenvalue weighted by molar-refractivity contribution is -0.123. The molecular formula is C17H24N2O4. The first-order valence-electron chi connectivity index (χ1n) is 8.00. The molecule has 0 radical (unpaired) electrons. The van der Waals surface area contributed by atoms with Crippen LogP contribution in [0.15, 0.2) is 18.2 Å². The summed E-state index contributed by atoms with van der Waals surface area (Å²) in [5.41, 5.74) is 5.54. The van der Waals surface area contributed by atoms with Crippen LogP contribution in [0.5, 0.6) is 11.5 Å². The fraction of sp³-hybridized carbons (Fsp3) is 0.529. The van der Waals surface area contributed by atoms with Crippen LogP contribution in [0, 0.1) is 0 Å². The molecule has 0 unspecified atom stereocenters. The van der Waals surface area contributed by atoms with Gasteiger partial charge in [0, 0.05) is 6.04 Å². The fourth-order valence-corrected chi connectivity index (χ4v) is 2.85. The van der Waals surface area contributed by atoms with Gasteiger partial charge in [0.05, 0.1) is 12.7 Å². The Morgan fingerprint density at radius 1 is 1.22 bits per heavy atom. The second-order valence-electron chi connectivity index (χ2n) is 5.75. The van der Waals surface area contributed by atoms with Gasteiger partial charge < -0.3 is 20.5 Å². The summed E-state index contributed by atoms with van der Waals surface area (Å²) >= 11 is 0. The van der Waals surface area contributed by atoms with Gasteiger partial charge in [-0.3, -0.25) is 9.59 Å². The van der Waals surface area contributed by atoms with E-state index < -0.39 is 5.91 Å². The van der Waals surface area contributed by atoms with Crippen LogP contribution in [-0.2, 0) is 4.79 Å². The third-order valence-corrected chi connectivity index (χ3v) is 4.03. The molecule has 2 amide bonds. The van der Waals surface area contributed by atoms with Crippen molar-refractivity contribution in [3.63, 3.8) is 0 Å². The van der Waals surface area contributed by atoms with Gasteiger partial charge in [-0.1, -0.05) is 31.7 Å². The second-order valence-corrected chi connectivity index (χ2v) is 5.75. The molecule has 3 N–H and O–H groups in total. The van der Waals surface area contributed by atoms with Gasteiger partial charge in [-0.05, 0) is 25.0 Å². The number of amides is 2. The van der Waals surface area contributed by atoms with Gasteiger partial charge in [0.15, 0.2) is 18.1 Å². The largest absolute Gasteiger partial charge is 0.493 e. The molecule has 1 saturated carbocycles. The quantitative estimate of drug-likeness (QED) is 0.785. The van der Waals surface area contributed by atoms with Gasteiger partial charge in [-0.15, -0.1) is 0 Å². The highest BCUT2D eigenvalue weighted by atomic mass is 16.5. The molecule has 0 spiro atoms. The Kier molecular flexibility index (Phi) is 6.26. The summed E-state index contributed by atoms with van der Waals surface area (Å²) in [5.74, 6) is -0.233. The maximum atomic E-state index is 12.1. The molecule has 0 saturated heterocycles. The van der Waals surface area contributed by atoms with E-state index >= 15 is 0 Å². The van der Waals surface area contributed by atoms with Crippen molar-refractivity contribution >= 4 is 11.8 Å². The Bertz CT molecular complexity index is 552. The first-order chi connectivity index (χ1) is 11.1. The zero-order chi connectivity index (χ0) is 16.7. The highest BCUT2D eigenvalue weighted by Gasteiger charge is 2.18. The number of para-hydroxylation sites is 1. The smallest absolute Gasteiger partial charge is 0.258 e. The summed E-state index contributed by atoms with van der Waals surface area (Å²) in [4.78, 5) is 23.6. The van der Waals surface area contributed by atoms with E-state index in [-0.39, 0.29) is 29.9 Å². The number of rotatable bonds is 6. The summed E-state index contributed by atoms with van der Waals surface area (Å²) in [6, 6.07) is 5.06. The van der Waals surface area contributed by atoms with Gasteiger partial charge >= 0.3 is 0 Å². The normalized spacial score (nSPS) is 15.5. The van der Waals surface area contributed by atoms with E-state index in [2.05, 4.69) is 5.32 Å². The van der Waals surface area contributed by atoms with Crippen LogP contribution in [-0.4, -0.2) is 31.6 Å². The second kappa shape index (κ2) is 8.41. The number of ether oxygens (including phenoxy) is 2. The van der Waals surface area contributed by atoms with Crippen molar-refractivity contribution in [3.8, 4) is 11.5 Å². The molecule has 0 heterocycles. The van der Waals surface area contributed by atoms with E-state index in [4.69, 9.17) is 15.2 Å². The third kappa shape index (κ3) is 4.87. The molecule has 2 rings (SSSR count). The lowest BCUT2D eigenvalue weighted by Gasteiger charge is -2.17. The summed E-state index contributed by atoms with van der Waals surface area (Å²) in [7, 11) is 1.47. The molecule has 0 aromatic heterocycles. The third-order valence-electron chi connectivity index (χ3n) is 4.03. The number of hydrogen-bond donors (Lipinski definition) is 2. The van der Waals surface area contributed by atoms with Crippen LogP contribution < -0.4 is 20.5 Å². The standard InChI is InChI=1S/C17H24N2O4/c1-22-14-10-6-9-13(17(18)21)16(14)23-11-15(20)19-12-7-4-2-3-5-8-12/h6,9-10,12H,2-5,7-8,11H2,1H3,(H2,18,21)(H,19,20). The minimum absolute atomic E-state index is 0.169. The molecule has 1 aliphatic carbocycles. The molecule has 126 valence electrons. The number of hydrogen-bond acceptors (Lipinski definition) is 4. The highest BCUT2D eigenvalue weighted by molar-refractivity contribution is 5.96. The predicted molar refractivity (Wildman–Crippen MR) is 86.6 cm³/mol. The highest BCUT2D eigenvalue weighted by Crippen LogP contribution is 2.30. The molecule has 6 heteroatoms. The summed E-state index contributed by atoms with van der Waals surface area (Å²) in [5, 5.41) is 2.99. The molecule has 6 nitrogen and oxygen atoms in total. The van der Waals surface area contributed by atoms with Crippen molar-refractivity contribution in [1.29, 1.82) is 0 Å². The molecule has 1 aliphatic rings. The first kappa shape index (κ1) is 17.1. The molecule has 0 bridgehead atoms. The van der Waals surface area contributed by atoms with Crippen molar-refractivity contribution in [3.05, 3.63) is 23.8 Å². The summed E-state index contributed by atoms with van der Waals surface area (Å²) < 4.78 is 10.7. The van der Waals surface area contributed by atoms with Gasteiger partial charge in [-0.25, -0.2) is 0 Å². The van der Waals surface area contributed by atoms with Gasteiger partial charge in [0.25, 0.3) is 11.8 Å². The number of benzene rings is 1. The van der Waals surface area contributed by atoms with Crippen molar-refractivity contribution < 1.29 is 19.1 Å².